The van der Waals surface area contributed by atoms with Crippen LogP contribution in [0.2, 0.25) is 0 Å². The van der Waals surface area contributed by atoms with Gasteiger partial charge in [-0.05, 0) is 74.8 Å². The van der Waals surface area contributed by atoms with E-state index in [1.807, 2.05) is 4.90 Å². The molecule has 8 atom stereocenters. The van der Waals surface area contributed by atoms with Gasteiger partial charge in [-0.25, -0.2) is 8.78 Å². The molecule has 8 unspecified atom stereocenters. The monoisotopic (exact) mass is 581 g/mol. The predicted octanol–water partition coefficient (Wildman–Crippen LogP) is 1.26. The third kappa shape index (κ3) is 6.59. The maximum absolute atomic E-state index is 15.5. The number of halogens is 2. The van der Waals surface area contributed by atoms with Crippen LogP contribution in [0.1, 0.15) is 71.6 Å². The number of fused-ring (bicyclic) bond motifs is 1. The van der Waals surface area contributed by atoms with Crippen molar-refractivity contribution < 1.29 is 18.4 Å². The minimum absolute atomic E-state index is 0.0133. The molecule has 1 aliphatic carbocycles. The Morgan fingerprint density at radius 2 is 1.90 bits per heavy atom. The normalized spacial score (nSPS) is 39.7. The van der Waals surface area contributed by atoms with Crippen LogP contribution in [-0.2, 0) is 9.59 Å². The molecule has 1 saturated carbocycles. The second-order valence-corrected chi connectivity index (χ2v) is 14.1. The zero-order chi connectivity index (χ0) is 29.4. The van der Waals surface area contributed by atoms with E-state index in [9.17, 15) is 14.0 Å². The Morgan fingerprint density at radius 3 is 2.56 bits per heavy atom. The largest absolute Gasteiger partial charge is 0.350 e. The predicted molar refractivity (Wildman–Crippen MR) is 155 cm³/mol. The number of likely N-dealkylation sites (tertiary alicyclic amines) is 2. The molecule has 0 aromatic rings. The highest BCUT2D eigenvalue weighted by Gasteiger charge is 2.65. The molecule has 41 heavy (non-hydrogen) atoms. The van der Waals surface area contributed by atoms with Crippen LogP contribution in [-0.4, -0.2) is 104 Å². The average Bonchev–Trinajstić information content (AvgIpc) is 3.21. The number of piperidine rings is 2. The van der Waals surface area contributed by atoms with E-state index in [1.165, 1.54) is 0 Å². The second-order valence-electron chi connectivity index (χ2n) is 14.1. The van der Waals surface area contributed by atoms with Crippen LogP contribution in [0.25, 0.3) is 0 Å². The fourth-order valence-electron chi connectivity index (χ4n) is 8.91. The summed E-state index contributed by atoms with van der Waals surface area (Å²) in [6, 6.07) is -1.22. The summed E-state index contributed by atoms with van der Waals surface area (Å²) in [4.78, 5) is 30.1. The summed E-state index contributed by atoms with van der Waals surface area (Å²) in [7, 11) is 0. The van der Waals surface area contributed by atoms with Crippen LogP contribution in [0.3, 0.4) is 0 Å². The van der Waals surface area contributed by atoms with Crippen molar-refractivity contribution in [2.24, 2.45) is 34.1 Å². The lowest BCUT2D eigenvalue weighted by atomic mass is 9.77. The zero-order valence-electron chi connectivity index (χ0n) is 25.1. The molecule has 2 amide bonds. The summed E-state index contributed by atoms with van der Waals surface area (Å²) in [6.45, 7) is 8.35. The fraction of sp³-hybridized carbons (Fsp3) is 0.933. The van der Waals surface area contributed by atoms with Gasteiger partial charge in [0.05, 0.1) is 24.2 Å². The van der Waals surface area contributed by atoms with E-state index in [4.69, 9.17) is 11.5 Å². The van der Waals surface area contributed by atoms with E-state index in [1.54, 1.807) is 0 Å². The van der Waals surface area contributed by atoms with Gasteiger partial charge >= 0.3 is 0 Å². The number of carbonyl (C=O) groups is 2. The molecule has 9 nitrogen and oxygen atoms in total. The van der Waals surface area contributed by atoms with Crippen molar-refractivity contribution in [2.75, 3.05) is 45.8 Å². The van der Waals surface area contributed by atoms with Crippen molar-refractivity contribution >= 4 is 11.8 Å². The molecule has 0 aromatic carbocycles. The van der Waals surface area contributed by atoms with Crippen molar-refractivity contribution in [2.45, 2.75) is 108 Å². The second kappa shape index (κ2) is 12.7. The van der Waals surface area contributed by atoms with Gasteiger partial charge < -0.3 is 32.3 Å². The van der Waals surface area contributed by atoms with E-state index >= 15 is 4.39 Å². The Labute approximate surface area is 244 Å². The Balaban J connectivity index is 1.24. The Kier molecular flexibility index (Phi) is 9.60. The van der Waals surface area contributed by atoms with Gasteiger partial charge in [-0.3, -0.25) is 14.5 Å². The number of rotatable bonds is 9. The first kappa shape index (κ1) is 31.0. The van der Waals surface area contributed by atoms with Crippen molar-refractivity contribution in [1.82, 2.24) is 25.8 Å². The molecule has 4 aliphatic heterocycles. The molecule has 7 N–H and O–H groups in total. The molecule has 5 rings (SSSR count). The Hall–Kier alpha value is -1.40. The van der Waals surface area contributed by atoms with Gasteiger partial charge in [0.1, 0.15) is 12.3 Å². The third-order valence-corrected chi connectivity index (χ3v) is 11.2. The summed E-state index contributed by atoms with van der Waals surface area (Å²) in [5, 5.41) is 9.62. The molecule has 4 saturated heterocycles. The number of alkyl halides is 2. The zero-order valence-corrected chi connectivity index (χ0v) is 25.1. The van der Waals surface area contributed by atoms with Crippen molar-refractivity contribution in [1.29, 1.82) is 0 Å². The molecule has 5 aliphatic rings. The number of nitrogens with two attached hydrogens (primary N) is 2. The van der Waals surface area contributed by atoms with Gasteiger partial charge in [0, 0.05) is 45.2 Å². The average molecular weight is 582 g/mol. The molecule has 0 radical (unpaired) electrons. The van der Waals surface area contributed by atoms with Gasteiger partial charge in [0.2, 0.25) is 11.8 Å². The summed E-state index contributed by atoms with van der Waals surface area (Å²) >= 11 is 0. The molecule has 4 heterocycles. The Morgan fingerprint density at radius 1 is 1.15 bits per heavy atom. The first-order valence-corrected chi connectivity index (χ1v) is 16.1. The van der Waals surface area contributed by atoms with E-state index in [0.29, 0.717) is 25.3 Å². The standard InChI is InChI=1S/C30H53F2N7O2/c1-3-8-30-13-22(36-14-20(31)12-29(30,2)18-30)25(27(33)34)28(41)37-23-16-35-15-21(32)26(23)38-10-6-19(7-11-38)17-39-9-4-5-24(39)40/h19-23,25-27,35-36H,3-18,33-34H2,1-2H3,(H,37,41). The number of amides is 2. The van der Waals surface area contributed by atoms with Crippen molar-refractivity contribution in [3.8, 4) is 0 Å². The third-order valence-electron chi connectivity index (χ3n) is 11.2. The molecule has 11 heteroatoms. The number of carbonyl (C=O) groups excluding carboxylic acids is 2. The number of hydrogen-bond acceptors (Lipinski definition) is 7. The topological polar surface area (TPSA) is 129 Å². The molecular weight excluding hydrogens is 528 g/mol. The van der Waals surface area contributed by atoms with Crippen LogP contribution in [0.4, 0.5) is 8.78 Å². The lowest BCUT2D eigenvalue weighted by Gasteiger charge is -2.46. The highest BCUT2D eigenvalue weighted by molar-refractivity contribution is 5.80. The van der Waals surface area contributed by atoms with E-state index in [-0.39, 0.29) is 41.8 Å². The van der Waals surface area contributed by atoms with Crippen LogP contribution in [0.5, 0.6) is 0 Å². The van der Waals surface area contributed by atoms with Gasteiger partial charge in [0.15, 0.2) is 0 Å². The first-order valence-electron chi connectivity index (χ1n) is 16.1. The number of nitrogens with zero attached hydrogens (tertiary/aromatic N) is 2. The van der Waals surface area contributed by atoms with E-state index in [0.717, 1.165) is 71.1 Å². The van der Waals surface area contributed by atoms with Gasteiger partial charge in [-0.1, -0.05) is 20.3 Å². The minimum atomic E-state index is -1.12. The minimum Gasteiger partial charge on any atom is -0.350 e. The highest BCUT2D eigenvalue weighted by Crippen LogP contribution is 2.71. The number of nitrogens with one attached hydrogen (secondary N) is 3. The van der Waals surface area contributed by atoms with E-state index in [2.05, 4.69) is 34.7 Å². The maximum atomic E-state index is 15.5. The smallest absolute Gasteiger partial charge is 0.227 e. The molecule has 0 spiro atoms. The molecule has 234 valence electrons. The van der Waals surface area contributed by atoms with Crippen LogP contribution < -0.4 is 27.4 Å². The summed E-state index contributed by atoms with van der Waals surface area (Å²) in [6.07, 6.45) is 4.60. The van der Waals surface area contributed by atoms with Crippen LogP contribution in [0, 0.1) is 22.7 Å². The highest BCUT2D eigenvalue weighted by atomic mass is 19.1. The maximum Gasteiger partial charge on any atom is 0.227 e. The quantitative estimate of drug-likeness (QED) is 0.260. The summed E-state index contributed by atoms with van der Waals surface area (Å²) in [5.74, 6) is -0.356. The van der Waals surface area contributed by atoms with Gasteiger partial charge in [0.25, 0.3) is 0 Å². The lowest BCUT2D eigenvalue weighted by molar-refractivity contribution is -0.129. The fourth-order valence-corrected chi connectivity index (χ4v) is 8.91. The van der Waals surface area contributed by atoms with Gasteiger partial charge in [-0.2, -0.15) is 0 Å². The molecule has 0 aromatic heterocycles. The molecule has 0 bridgehead atoms. The summed E-state index contributed by atoms with van der Waals surface area (Å²) < 4.78 is 30.4. The van der Waals surface area contributed by atoms with Crippen LogP contribution >= 0.6 is 0 Å². The molecule has 5 fully saturated rings. The van der Waals surface area contributed by atoms with Crippen LogP contribution in [0.15, 0.2) is 0 Å². The number of hydrogen-bond donors (Lipinski definition) is 5. The van der Waals surface area contributed by atoms with Crippen molar-refractivity contribution in [3.63, 3.8) is 0 Å². The Bertz CT molecular complexity index is 935. The SMILES string of the molecule is CCCC12CC(C(C(=O)NC3CNCC(F)C3N3CCC(CN4CCCC4=O)CC3)C(N)N)NCC(F)CC1(C)C2. The van der Waals surface area contributed by atoms with E-state index < -0.39 is 36.5 Å². The van der Waals surface area contributed by atoms with Gasteiger partial charge in [-0.15, -0.1) is 0 Å². The molecular formula is C30H53F2N7O2. The van der Waals surface area contributed by atoms with Crippen molar-refractivity contribution in [3.05, 3.63) is 0 Å². The summed E-state index contributed by atoms with van der Waals surface area (Å²) in [5.41, 5.74) is 12.4. The lowest BCUT2D eigenvalue weighted by Crippen LogP contribution is -2.68. The first-order chi connectivity index (χ1) is 19.6.